The molecule has 0 aromatic rings. The number of hydrogen-bond acceptors (Lipinski definition) is 5. The van der Waals surface area contributed by atoms with E-state index in [0.29, 0.717) is 24.5 Å². The minimum Gasteiger partial charge on any atom is -0.465 e. The second-order valence-electron chi connectivity index (χ2n) is 7.98. The SMILES string of the molecule is C=C[C@@H](C/C=C/[C@H]1CCC(=O)[C@@H]1CCC/C=C\C(O)(O)C(=O)OC)CCCCC. The zero-order chi connectivity index (χ0) is 21.7. The first-order chi connectivity index (χ1) is 13.9. The van der Waals surface area contributed by atoms with Gasteiger partial charge in [-0.25, -0.2) is 4.79 Å². The molecule has 0 heterocycles. The van der Waals surface area contributed by atoms with Gasteiger partial charge in [0.15, 0.2) is 0 Å². The van der Waals surface area contributed by atoms with Crippen LogP contribution in [0.4, 0.5) is 0 Å². The molecule has 0 aromatic carbocycles. The molecule has 0 saturated heterocycles. The molecule has 29 heavy (non-hydrogen) atoms. The van der Waals surface area contributed by atoms with Gasteiger partial charge in [0.2, 0.25) is 0 Å². The van der Waals surface area contributed by atoms with Gasteiger partial charge >= 0.3 is 5.97 Å². The molecule has 0 radical (unpaired) electrons. The summed E-state index contributed by atoms with van der Waals surface area (Å²) >= 11 is 0. The van der Waals surface area contributed by atoms with Crippen molar-refractivity contribution in [3.63, 3.8) is 0 Å². The largest absolute Gasteiger partial charge is 0.465 e. The van der Waals surface area contributed by atoms with Crippen LogP contribution >= 0.6 is 0 Å². The van der Waals surface area contributed by atoms with Gasteiger partial charge in [0.05, 0.1) is 7.11 Å². The zero-order valence-corrected chi connectivity index (χ0v) is 18.0. The lowest BCUT2D eigenvalue weighted by Crippen LogP contribution is -2.37. The molecule has 0 spiro atoms. The summed E-state index contributed by atoms with van der Waals surface area (Å²) in [6.07, 6.45) is 18.5. The van der Waals surface area contributed by atoms with Gasteiger partial charge in [-0.05, 0) is 56.4 Å². The Kier molecular flexibility index (Phi) is 11.8. The lowest BCUT2D eigenvalue weighted by molar-refractivity contribution is -0.190. The summed E-state index contributed by atoms with van der Waals surface area (Å²) in [6.45, 7) is 6.16. The summed E-state index contributed by atoms with van der Waals surface area (Å²) in [5, 5.41) is 19.1. The molecule has 0 bridgehead atoms. The van der Waals surface area contributed by atoms with E-state index in [2.05, 4.69) is 30.4 Å². The number of ketones is 1. The van der Waals surface area contributed by atoms with E-state index in [1.165, 1.54) is 25.7 Å². The van der Waals surface area contributed by atoms with Crippen LogP contribution in [-0.4, -0.2) is 34.9 Å². The van der Waals surface area contributed by atoms with Crippen molar-refractivity contribution in [2.45, 2.75) is 76.9 Å². The molecule has 0 aliphatic heterocycles. The number of esters is 1. The number of rotatable bonds is 14. The molecule has 164 valence electrons. The van der Waals surface area contributed by atoms with Gasteiger partial charge in [0.1, 0.15) is 5.78 Å². The number of unbranched alkanes of at least 4 members (excludes halogenated alkanes) is 3. The van der Waals surface area contributed by atoms with Crippen molar-refractivity contribution >= 4 is 11.8 Å². The lowest BCUT2D eigenvalue weighted by atomic mass is 9.89. The highest BCUT2D eigenvalue weighted by Crippen LogP contribution is 2.34. The third-order valence-electron chi connectivity index (χ3n) is 5.71. The van der Waals surface area contributed by atoms with Crippen LogP contribution < -0.4 is 0 Å². The minimum absolute atomic E-state index is 0.0375. The van der Waals surface area contributed by atoms with Gasteiger partial charge in [-0.15, -0.1) is 6.58 Å². The van der Waals surface area contributed by atoms with E-state index in [9.17, 15) is 19.8 Å². The number of methoxy groups -OCH3 is 1. The summed E-state index contributed by atoms with van der Waals surface area (Å²) in [5.74, 6) is -2.56. The molecule has 0 amide bonds. The van der Waals surface area contributed by atoms with Crippen LogP contribution in [0, 0.1) is 17.8 Å². The molecule has 1 aliphatic carbocycles. The fourth-order valence-corrected chi connectivity index (χ4v) is 3.88. The van der Waals surface area contributed by atoms with Gasteiger partial charge in [-0.2, -0.15) is 0 Å². The number of Topliss-reactive ketones (excluding diaryl/α,β-unsaturated/α-hetero) is 1. The molecule has 5 heteroatoms. The fraction of sp³-hybridized carbons (Fsp3) is 0.667. The summed E-state index contributed by atoms with van der Waals surface area (Å²) in [7, 11) is 1.10. The average Bonchev–Trinajstić information content (AvgIpc) is 3.05. The molecule has 1 fully saturated rings. The second-order valence-corrected chi connectivity index (χ2v) is 7.98. The van der Waals surface area contributed by atoms with Gasteiger partial charge < -0.3 is 14.9 Å². The second kappa shape index (κ2) is 13.5. The summed E-state index contributed by atoms with van der Waals surface area (Å²) in [6, 6.07) is 0. The average molecular weight is 407 g/mol. The summed E-state index contributed by atoms with van der Waals surface area (Å²) in [5.41, 5.74) is 0. The maximum atomic E-state index is 12.3. The van der Waals surface area contributed by atoms with Crippen molar-refractivity contribution in [2.24, 2.45) is 17.8 Å². The van der Waals surface area contributed by atoms with E-state index in [-0.39, 0.29) is 11.8 Å². The lowest BCUT2D eigenvalue weighted by Gasteiger charge is -2.16. The number of carbonyl (C=O) groups is 2. The maximum absolute atomic E-state index is 12.3. The Morgan fingerprint density at radius 2 is 2.07 bits per heavy atom. The predicted molar refractivity (Wildman–Crippen MR) is 115 cm³/mol. The van der Waals surface area contributed by atoms with Crippen molar-refractivity contribution in [3.8, 4) is 0 Å². The minimum atomic E-state index is -2.60. The number of hydrogen-bond donors (Lipinski definition) is 2. The molecule has 0 aromatic heterocycles. The Labute approximate surface area is 175 Å². The van der Waals surface area contributed by atoms with Gasteiger partial charge in [0, 0.05) is 12.3 Å². The quantitative estimate of drug-likeness (QED) is 0.192. The van der Waals surface area contributed by atoms with E-state index in [1.807, 2.05) is 6.08 Å². The Morgan fingerprint density at radius 1 is 1.31 bits per heavy atom. The molecule has 0 unspecified atom stereocenters. The van der Waals surface area contributed by atoms with E-state index in [1.54, 1.807) is 6.08 Å². The van der Waals surface area contributed by atoms with Gasteiger partial charge in [-0.3, -0.25) is 4.79 Å². The topological polar surface area (TPSA) is 83.8 Å². The third kappa shape index (κ3) is 9.09. The molecule has 1 rings (SSSR count). The van der Waals surface area contributed by atoms with E-state index in [4.69, 9.17) is 0 Å². The fourth-order valence-electron chi connectivity index (χ4n) is 3.88. The van der Waals surface area contributed by atoms with Crippen LogP contribution in [0.1, 0.15) is 71.1 Å². The highest BCUT2D eigenvalue weighted by Gasteiger charge is 2.33. The van der Waals surface area contributed by atoms with E-state index < -0.39 is 11.8 Å². The monoisotopic (exact) mass is 406 g/mol. The molecule has 2 N–H and O–H groups in total. The van der Waals surface area contributed by atoms with Crippen molar-refractivity contribution in [1.82, 2.24) is 0 Å². The number of allylic oxidation sites excluding steroid dienone is 4. The molecular formula is C24H38O5. The Hall–Kier alpha value is -1.72. The van der Waals surface area contributed by atoms with Crippen LogP contribution in [0.5, 0.6) is 0 Å². The molecule has 1 saturated carbocycles. The van der Waals surface area contributed by atoms with Gasteiger partial charge in [-0.1, -0.05) is 50.5 Å². The number of ether oxygens (including phenoxy) is 1. The third-order valence-corrected chi connectivity index (χ3v) is 5.71. The smallest absolute Gasteiger partial charge is 0.370 e. The van der Waals surface area contributed by atoms with Crippen molar-refractivity contribution in [2.75, 3.05) is 7.11 Å². The highest BCUT2D eigenvalue weighted by atomic mass is 16.6. The van der Waals surface area contributed by atoms with Crippen molar-refractivity contribution in [3.05, 3.63) is 37.0 Å². The zero-order valence-electron chi connectivity index (χ0n) is 18.0. The standard InChI is InChI=1S/C24H38O5/c1-4-6-8-12-19(5-2)13-11-14-20-16-17-22(25)21(20)15-9-7-10-18-24(27,28)23(26)29-3/h5,10-11,14,18-21,27-28H,2,4,6-9,12-13,15-17H2,1,3H3/b14-11+,18-10-/t19-,20+,21-/m1/s1. The van der Waals surface area contributed by atoms with Crippen molar-refractivity contribution < 1.29 is 24.5 Å². The van der Waals surface area contributed by atoms with Crippen LogP contribution in [0.25, 0.3) is 0 Å². The number of carbonyl (C=O) groups excluding carboxylic acids is 2. The summed E-state index contributed by atoms with van der Waals surface area (Å²) < 4.78 is 4.32. The Balaban J connectivity index is 2.45. The van der Waals surface area contributed by atoms with Crippen LogP contribution in [-0.2, 0) is 14.3 Å². The molecule has 1 aliphatic rings. The molecule has 3 atom stereocenters. The highest BCUT2D eigenvalue weighted by molar-refractivity contribution is 5.83. The van der Waals surface area contributed by atoms with Crippen LogP contribution in [0.15, 0.2) is 37.0 Å². The first-order valence-electron chi connectivity index (χ1n) is 10.9. The molecular weight excluding hydrogens is 368 g/mol. The van der Waals surface area contributed by atoms with Crippen LogP contribution in [0.3, 0.4) is 0 Å². The number of aliphatic hydroxyl groups is 2. The van der Waals surface area contributed by atoms with Crippen LogP contribution in [0.2, 0.25) is 0 Å². The van der Waals surface area contributed by atoms with Crippen molar-refractivity contribution in [1.29, 1.82) is 0 Å². The maximum Gasteiger partial charge on any atom is 0.370 e. The van der Waals surface area contributed by atoms with E-state index >= 15 is 0 Å². The van der Waals surface area contributed by atoms with Gasteiger partial charge in [0.25, 0.3) is 5.79 Å². The summed E-state index contributed by atoms with van der Waals surface area (Å²) in [4.78, 5) is 23.5. The Bertz CT molecular complexity index is 576. The normalized spacial score (nSPS) is 21.2. The first kappa shape index (κ1) is 25.3. The predicted octanol–water partition coefficient (Wildman–Crippen LogP) is 4.49. The molecule has 5 nitrogen and oxygen atoms in total. The first-order valence-corrected chi connectivity index (χ1v) is 10.9. The van der Waals surface area contributed by atoms with E-state index in [0.717, 1.165) is 38.9 Å². The Morgan fingerprint density at radius 3 is 2.72 bits per heavy atom.